The minimum Gasteiger partial charge on any atom is -0.494 e. The lowest BCUT2D eigenvalue weighted by atomic mass is 10.0. The summed E-state index contributed by atoms with van der Waals surface area (Å²) in [7, 11) is -4.57. The number of aromatic hydroxyl groups is 1. The van der Waals surface area contributed by atoms with Crippen molar-refractivity contribution in [2.24, 2.45) is 0 Å². The zero-order chi connectivity index (χ0) is 37.2. The summed E-state index contributed by atoms with van der Waals surface area (Å²) >= 11 is 0. The average Bonchev–Trinajstić information content (AvgIpc) is 3.43. The van der Waals surface area contributed by atoms with Crippen molar-refractivity contribution in [2.75, 3.05) is 17.4 Å². The van der Waals surface area contributed by atoms with Crippen molar-refractivity contribution in [1.82, 2.24) is 13.9 Å². The minimum absolute atomic E-state index is 0.0819. The normalized spacial score (nSPS) is 12.0. The van der Waals surface area contributed by atoms with Gasteiger partial charge in [0.05, 0.1) is 17.6 Å². The highest BCUT2D eigenvalue weighted by Gasteiger charge is 2.38. The van der Waals surface area contributed by atoms with Crippen molar-refractivity contribution >= 4 is 43.7 Å². The molecule has 0 unspecified atom stereocenters. The van der Waals surface area contributed by atoms with Crippen LogP contribution >= 0.6 is 0 Å². The fraction of sp³-hybridized carbons (Fsp3) is 0.250. The predicted molar refractivity (Wildman–Crippen MR) is 200 cm³/mol. The van der Waals surface area contributed by atoms with E-state index < -0.39 is 33.8 Å². The van der Waals surface area contributed by atoms with Gasteiger partial charge in [-0.05, 0) is 75.6 Å². The van der Waals surface area contributed by atoms with E-state index in [1.54, 1.807) is 75.8 Å². The lowest BCUT2D eigenvalue weighted by molar-refractivity contribution is 0.0397. The summed E-state index contributed by atoms with van der Waals surface area (Å²) in [5.74, 6) is -0.380. The lowest BCUT2D eigenvalue weighted by Gasteiger charge is -2.32. The fourth-order valence-corrected chi connectivity index (χ4v) is 7.78. The van der Waals surface area contributed by atoms with E-state index in [2.05, 4.69) is 0 Å². The standard InChI is InChI=1S/C40H41FN4O6S/c1-6-44(52(48,49)45(7-2)39(47)51-40(3,4)5)35-31-19-14-24-42-34(31)37(50-36(28-15-10-8-11-16-28)29-17-12-9-13-18-29)33-32(35)26-43(38(33)46)25-27-20-22-30(41)23-21-27/h8-24,26,36,46H,6-7,25H2,1-5H3. The smallest absolute Gasteiger partial charge is 0.425 e. The van der Waals surface area contributed by atoms with Crippen LogP contribution in [0.4, 0.5) is 14.9 Å². The Morgan fingerprint density at radius 2 is 1.50 bits per heavy atom. The number of halogens is 1. The van der Waals surface area contributed by atoms with Crippen LogP contribution in [0.3, 0.4) is 0 Å². The number of carbonyl (C=O) groups is 1. The number of hydrogen-bond acceptors (Lipinski definition) is 7. The van der Waals surface area contributed by atoms with Gasteiger partial charge in [-0.3, -0.25) is 9.29 Å². The van der Waals surface area contributed by atoms with Crippen molar-refractivity contribution in [3.05, 3.63) is 132 Å². The second kappa shape index (κ2) is 14.5. The molecule has 6 rings (SSSR count). The van der Waals surface area contributed by atoms with Gasteiger partial charge in [0.25, 0.3) is 0 Å². The zero-order valence-corrected chi connectivity index (χ0v) is 30.5. The van der Waals surface area contributed by atoms with E-state index in [1.807, 2.05) is 60.7 Å². The molecule has 52 heavy (non-hydrogen) atoms. The number of fused-ring (bicyclic) bond motifs is 2. The number of anilines is 1. The highest BCUT2D eigenvalue weighted by atomic mass is 32.2. The molecule has 0 saturated heterocycles. The van der Waals surface area contributed by atoms with Gasteiger partial charge in [0.2, 0.25) is 5.88 Å². The SMILES string of the molecule is CCN(C(=O)OC(C)(C)C)S(=O)(=O)N(CC)c1c2cccnc2c(OC(c2ccccc2)c2ccccc2)c2c(O)n(Cc3ccc(F)cc3)cc12. The van der Waals surface area contributed by atoms with Crippen LogP contribution in [0.1, 0.15) is 57.4 Å². The maximum atomic E-state index is 14.6. The Bertz CT molecular complexity index is 2270. The Hall–Kier alpha value is -5.62. The molecule has 0 fully saturated rings. The Balaban J connectivity index is 1.64. The average molecular weight is 725 g/mol. The van der Waals surface area contributed by atoms with Gasteiger partial charge in [0, 0.05) is 36.3 Å². The van der Waals surface area contributed by atoms with Gasteiger partial charge >= 0.3 is 16.3 Å². The second-order valence-electron chi connectivity index (χ2n) is 13.2. The molecule has 0 radical (unpaired) electrons. The molecule has 2 aromatic heterocycles. The van der Waals surface area contributed by atoms with Gasteiger partial charge in [-0.15, -0.1) is 0 Å². The fourth-order valence-electron chi connectivity index (χ4n) is 6.24. The summed E-state index contributed by atoms with van der Waals surface area (Å²) in [5, 5.41) is 13.0. The number of amides is 1. The molecule has 0 aliphatic carbocycles. The molecule has 6 aromatic rings. The molecule has 1 amide bonds. The molecule has 1 N–H and O–H groups in total. The summed E-state index contributed by atoms with van der Waals surface area (Å²) in [6.45, 7) is 8.05. The molecule has 270 valence electrons. The number of ether oxygens (including phenoxy) is 2. The molecule has 10 nitrogen and oxygen atoms in total. The van der Waals surface area contributed by atoms with Gasteiger partial charge in [-0.2, -0.15) is 12.7 Å². The molecule has 0 bridgehead atoms. The number of nitrogens with zero attached hydrogens (tertiary/aromatic N) is 4. The molecule has 0 spiro atoms. The summed E-state index contributed by atoms with van der Waals surface area (Å²) < 4.78 is 58.8. The zero-order valence-electron chi connectivity index (χ0n) is 29.7. The van der Waals surface area contributed by atoms with Crippen molar-refractivity contribution in [3.63, 3.8) is 0 Å². The minimum atomic E-state index is -4.57. The molecule has 0 saturated carbocycles. The topological polar surface area (TPSA) is 114 Å². The Kier molecular flexibility index (Phi) is 10.1. The molecule has 0 aliphatic rings. The van der Waals surface area contributed by atoms with Crippen LogP contribution in [0, 0.1) is 5.82 Å². The summed E-state index contributed by atoms with van der Waals surface area (Å²) in [4.78, 5) is 18.1. The van der Waals surface area contributed by atoms with Crippen LogP contribution in [-0.2, 0) is 21.5 Å². The monoisotopic (exact) mass is 724 g/mol. The third-order valence-electron chi connectivity index (χ3n) is 8.49. The first-order valence-electron chi connectivity index (χ1n) is 17.0. The van der Waals surface area contributed by atoms with Crippen molar-refractivity contribution < 1.29 is 32.2 Å². The van der Waals surface area contributed by atoms with Crippen LogP contribution in [-0.4, -0.2) is 52.2 Å². The van der Waals surface area contributed by atoms with Crippen molar-refractivity contribution in [3.8, 4) is 11.6 Å². The van der Waals surface area contributed by atoms with Crippen LogP contribution in [0.2, 0.25) is 0 Å². The third kappa shape index (κ3) is 7.11. The van der Waals surface area contributed by atoms with E-state index in [0.29, 0.717) is 26.2 Å². The number of pyridine rings is 1. The van der Waals surface area contributed by atoms with Crippen molar-refractivity contribution in [1.29, 1.82) is 0 Å². The van der Waals surface area contributed by atoms with Gasteiger partial charge in [-0.25, -0.2) is 9.18 Å². The summed E-state index contributed by atoms with van der Waals surface area (Å²) in [6, 6.07) is 28.6. The number of benzene rings is 4. The molecule has 4 aromatic carbocycles. The first kappa shape index (κ1) is 36.2. The maximum absolute atomic E-state index is 14.6. The van der Waals surface area contributed by atoms with E-state index >= 15 is 0 Å². The highest BCUT2D eigenvalue weighted by Crippen LogP contribution is 2.49. The maximum Gasteiger partial charge on any atom is 0.425 e. The third-order valence-corrected chi connectivity index (χ3v) is 10.5. The van der Waals surface area contributed by atoms with E-state index in [-0.39, 0.29) is 42.3 Å². The van der Waals surface area contributed by atoms with E-state index in [0.717, 1.165) is 15.4 Å². The number of rotatable bonds is 11. The first-order chi connectivity index (χ1) is 24.8. The van der Waals surface area contributed by atoms with E-state index in [4.69, 9.17) is 14.5 Å². The molecule has 12 heteroatoms. The van der Waals surface area contributed by atoms with Gasteiger partial charge < -0.3 is 19.1 Å². The molecular weight excluding hydrogens is 684 g/mol. The Morgan fingerprint density at radius 3 is 2.06 bits per heavy atom. The second-order valence-corrected chi connectivity index (χ2v) is 15.0. The lowest BCUT2D eigenvalue weighted by Crippen LogP contribution is -2.48. The van der Waals surface area contributed by atoms with Crippen LogP contribution in [0.25, 0.3) is 21.7 Å². The van der Waals surface area contributed by atoms with E-state index in [1.165, 1.54) is 12.1 Å². The van der Waals surface area contributed by atoms with E-state index in [9.17, 15) is 22.7 Å². The largest absolute Gasteiger partial charge is 0.494 e. The number of aromatic nitrogens is 2. The quantitative estimate of drug-likeness (QED) is 0.142. The molecular formula is C40H41FN4O6S. The number of hydrogen-bond donors (Lipinski definition) is 1. The van der Waals surface area contributed by atoms with Gasteiger partial charge in [0.1, 0.15) is 23.0 Å². The first-order valence-corrected chi connectivity index (χ1v) is 18.4. The van der Waals surface area contributed by atoms with Gasteiger partial charge in [0.15, 0.2) is 5.75 Å². The number of carbonyl (C=O) groups excluding carboxylic acids is 1. The van der Waals surface area contributed by atoms with Gasteiger partial charge in [-0.1, -0.05) is 72.8 Å². The summed E-state index contributed by atoms with van der Waals surface area (Å²) in [6.07, 6.45) is 1.55. The predicted octanol–water partition coefficient (Wildman–Crippen LogP) is 8.58. The molecule has 0 atom stereocenters. The highest BCUT2D eigenvalue weighted by molar-refractivity contribution is 7.91. The van der Waals surface area contributed by atoms with Crippen molar-refractivity contribution in [2.45, 2.75) is 52.9 Å². The summed E-state index contributed by atoms with van der Waals surface area (Å²) in [5.41, 5.74) is 1.92. The van der Waals surface area contributed by atoms with Crippen LogP contribution < -0.4 is 9.04 Å². The molecule has 0 aliphatic heterocycles. The Labute approximate surface area is 302 Å². The molecule has 2 heterocycles. The Morgan fingerprint density at radius 1 is 0.885 bits per heavy atom. The van der Waals surface area contributed by atoms with Crippen LogP contribution in [0.15, 0.2) is 109 Å². The van der Waals surface area contributed by atoms with Crippen LogP contribution in [0.5, 0.6) is 11.6 Å².